The molecule has 1 fully saturated rings. The second kappa shape index (κ2) is 7.59. The van der Waals surface area contributed by atoms with E-state index in [9.17, 15) is 8.42 Å². The van der Waals surface area contributed by atoms with Crippen LogP contribution in [0.2, 0.25) is 10.0 Å². The van der Waals surface area contributed by atoms with E-state index in [0.717, 1.165) is 5.56 Å². The molecule has 0 spiro atoms. The number of nitrogens with one attached hydrogen (secondary N) is 1. The summed E-state index contributed by atoms with van der Waals surface area (Å²) in [5, 5.41) is 7.86. The van der Waals surface area contributed by atoms with Crippen molar-refractivity contribution in [2.75, 3.05) is 19.6 Å². The second-order valence-electron chi connectivity index (χ2n) is 5.31. The van der Waals surface area contributed by atoms with Crippen molar-refractivity contribution in [2.45, 2.75) is 11.1 Å². The number of nitrogens with zero attached hydrogens (tertiary/aromatic N) is 3. The summed E-state index contributed by atoms with van der Waals surface area (Å²) in [6.45, 7) is 1.43. The zero-order valence-electron chi connectivity index (χ0n) is 12.8. The molecule has 2 aromatic rings. The summed E-state index contributed by atoms with van der Waals surface area (Å²) in [5.41, 5.74) is 0.839. The monoisotopic (exact) mass is 410 g/mol. The van der Waals surface area contributed by atoms with Gasteiger partial charge in [0, 0.05) is 31.7 Å². The fraction of sp³-hybridized carbons (Fsp3) is 0.357. The number of aromatic nitrogens is 2. The maximum atomic E-state index is 13.1. The van der Waals surface area contributed by atoms with Gasteiger partial charge in [-0.25, -0.2) is 8.42 Å². The van der Waals surface area contributed by atoms with Gasteiger partial charge in [0.2, 0.25) is 0 Å². The number of sulfonamides is 1. The average molecular weight is 412 g/mol. The van der Waals surface area contributed by atoms with Gasteiger partial charge in [-0.1, -0.05) is 35.3 Å². The first-order chi connectivity index (χ1) is 10.9. The Morgan fingerprint density at radius 2 is 2.08 bits per heavy atom. The predicted octanol–water partition coefficient (Wildman–Crippen LogP) is 2.48. The average Bonchev–Trinajstić information content (AvgIpc) is 2.87. The molecule has 1 aliphatic rings. The quantitative estimate of drug-likeness (QED) is 0.842. The molecule has 0 amide bonds. The third-order valence-electron chi connectivity index (χ3n) is 3.82. The molecule has 1 N–H and O–H groups in total. The molecule has 0 saturated carbocycles. The van der Waals surface area contributed by atoms with E-state index in [4.69, 9.17) is 23.2 Å². The van der Waals surface area contributed by atoms with Crippen LogP contribution < -0.4 is 5.32 Å². The van der Waals surface area contributed by atoms with Gasteiger partial charge in [0.25, 0.3) is 10.0 Å². The first-order valence-corrected chi connectivity index (χ1v) is 9.26. The molecule has 1 aromatic carbocycles. The van der Waals surface area contributed by atoms with E-state index in [1.54, 1.807) is 19.2 Å². The molecule has 2 heterocycles. The highest BCUT2D eigenvalue weighted by molar-refractivity contribution is 7.89. The molecule has 3 rings (SSSR count). The normalized spacial score (nSPS) is 19.0. The van der Waals surface area contributed by atoms with Gasteiger partial charge in [-0.05, 0) is 17.7 Å². The zero-order valence-corrected chi connectivity index (χ0v) is 16.0. The van der Waals surface area contributed by atoms with E-state index in [0.29, 0.717) is 24.7 Å². The van der Waals surface area contributed by atoms with Crippen molar-refractivity contribution in [3.05, 3.63) is 46.1 Å². The highest BCUT2D eigenvalue weighted by Crippen LogP contribution is 2.32. The Morgan fingerprint density at radius 1 is 1.33 bits per heavy atom. The summed E-state index contributed by atoms with van der Waals surface area (Å²) < 4.78 is 28.9. The third kappa shape index (κ3) is 3.56. The Hall–Kier alpha value is -0.830. The maximum absolute atomic E-state index is 13.1. The van der Waals surface area contributed by atoms with Gasteiger partial charge in [-0.3, -0.25) is 4.68 Å². The Morgan fingerprint density at radius 3 is 2.71 bits per heavy atom. The van der Waals surface area contributed by atoms with E-state index in [-0.39, 0.29) is 28.5 Å². The Labute approximate surface area is 157 Å². The van der Waals surface area contributed by atoms with Crippen LogP contribution in [-0.4, -0.2) is 42.1 Å². The minimum atomic E-state index is -3.77. The van der Waals surface area contributed by atoms with E-state index in [1.807, 2.05) is 12.1 Å². The first kappa shape index (κ1) is 19.5. The summed E-state index contributed by atoms with van der Waals surface area (Å²) in [5.74, 6) is 0. The fourth-order valence-corrected chi connectivity index (χ4v) is 5.19. The molecule has 0 aliphatic carbocycles. The van der Waals surface area contributed by atoms with Crippen molar-refractivity contribution in [2.24, 2.45) is 7.05 Å². The summed E-state index contributed by atoms with van der Waals surface area (Å²) in [7, 11) is -2.21. The van der Waals surface area contributed by atoms with Crippen LogP contribution in [-0.2, 0) is 17.1 Å². The molecule has 1 unspecified atom stereocenters. The standard InChI is InChI=1S/C14H16Cl2N4O2S.ClH/c1-19-14(12(16)8-18-19)23(21,22)20-6-5-17-9-13(20)10-3-2-4-11(15)7-10;/h2-4,7-8,13,17H,5-6,9H2,1H3;1H. The van der Waals surface area contributed by atoms with Crippen molar-refractivity contribution in [3.8, 4) is 0 Å². The largest absolute Gasteiger partial charge is 0.313 e. The van der Waals surface area contributed by atoms with Crippen LogP contribution in [0.15, 0.2) is 35.5 Å². The minimum Gasteiger partial charge on any atom is -0.313 e. The topological polar surface area (TPSA) is 67.2 Å². The fourth-order valence-electron chi connectivity index (χ4n) is 2.77. The highest BCUT2D eigenvalue weighted by Gasteiger charge is 2.37. The van der Waals surface area contributed by atoms with Crippen molar-refractivity contribution in [1.82, 2.24) is 19.4 Å². The van der Waals surface area contributed by atoms with Gasteiger partial charge in [0.1, 0.15) is 0 Å². The van der Waals surface area contributed by atoms with Crippen molar-refractivity contribution >= 4 is 45.6 Å². The predicted molar refractivity (Wildman–Crippen MR) is 96.4 cm³/mol. The van der Waals surface area contributed by atoms with Crippen LogP contribution in [0.3, 0.4) is 0 Å². The van der Waals surface area contributed by atoms with Crippen LogP contribution in [0.5, 0.6) is 0 Å². The van der Waals surface area contributed by atoms with Crippen molar-refractivity contribution in [1.29, 1.82) is 0 Å². The van der Waals surface area contributed by atoms with Gasteiger partial charge in [0.05, 0.1) is 17.3 Å². The molecule has 10 heteroatoms. The van der Waals surface area contributed by atoms with E-state index >= 15 is 0 Å². The van der Waals surface area contributed by atoms with Gasteiger partial charge in [0.15, 0.2) is 5.03 Å². The van der Waals surface area contributed by atoms with Crippen LogP contribution >= 0.6 is 35.6 Å². The van der Waals surface area contributed by atoms with Gasteiger partial charge >= 0.3 is 0 Å². The number of aryl methyl sites for hydroxylation is 1. The molecular formula is C14H17Cl3N4O2S. The van der Waals surface area contributed by atoms with Crippen molar-refractivity contribution in [3.63, 3.8) is 0 Å². The molecule has 0 bridgehead atoms. The highest BCUT2D eigenvalue weighted by atomic mass is 35.5. The van der Waals surface area contributed by atoms with E-state index in [1.165, 1.54) is 15.2 Å². The van der Waals surface area contributed by atoms with Crippen LogP contribution in [0.25, 0.3) is 0 Å². The maximum Gasteiger partial charge on any atom is 0.262 e. The first-order valence-electron chi connectivity index (χ1n) is 7.07. The number of rotatable bonds is 3. The number of benzene rings is 1. The Balaban J connectivity index is 0.00000208. The van der Waals surface area contributed by atoms with Gasteiger partial charge in [-0.2, -0.15) is 9.40 Å². The zero-order chi connectivity index (χ0) is 16.6. The Kier molecular flexibility index (Phi) is 6.17. The van der Waals surface area contributed by atoms with Crippen LogP contribution in [0, 0.1) is 0 Å². The molecular weight excluding hydrogens is 395 g/mol. The lowest BCUT2D eigenvalue weighted by Crippen LogP contribution is -2.49. The van der Waals surface area contributed by atoms with Crippen LogP contribution in [0.4, 0.5) is 0 Å². The lowest BCUT2D eigenvalue weighted by molar-refractivity contribution is 0.270. The van der Waals surface area contributed by atoms with Gasteiger partial charge < -0.3 is 5.32 Å². The number of piperazine rings is 1. The lowest BCUT2D eigenvalue weighted by Gasteiger charge is -2.35. The minimum absolute atomic E-state index is 0. The molecule has 6 nitrogen and oxygen atoms in total. The molecule has 0 radical (unpaired) electrons. The van der Waals surface area contributed by atoms with Crippen molar-refractivity contribution < 1.29 is 8.42 Å². The molecule has 1 saturated heterocycles. The number of hydrogen-bond acceptors (Lipinski definition) is 4. The Bertz CT molecular complexity index is 806. The van der Waals surface area contributed by atoms with Crippen LogP contribution in [0.1, 0.15) is 11.6 Å². The molecule has 1 atom stereocenters. The molecule has 24 heavy (non-hydrogen) atoms. The summed E-state index contributed by atoms with van der Waals surface area (Å²) in [6.07, 6.45) is 1.34. The SMILES string of the molecule is Cl.Cn1ncc(Cl)c1S(=O)(=O)N1CCNCC1c1cccc(Cl)c1. The lowest BCUT2D eigenvalue weighted by atomic mass is 10.1. The third-order valence-corrected chi connectivity index (χ3v) is 6.47. The summed E-state index contributed by atoms with van der Waals surface area (Å²) in [4.78, 5) is 0. The van der Waals surface area contributed by atoms with E-state index < -0.39 is 10.0 Å². The molecule has 132 valence electrons. The summed E-state index contributed by atoms with van der Waals surface area (Å²) in [6, 6.07) is 6.88. The second-order valence-corrected chi connectivity index (χ2v) is 7.96. The van der Waals surface area contributed by atoms with E-state index in [2.05, 4.69) is 10.4 Å². The smallest absolute Gasteiger partial charge is 0.262 e. The summed E-state index contributed by atoms with van der Waals surface area (Å²) >= 11 is 12.1. The molecule has 1 aliphatic heterocycles. The number of hydrogen-bond donors (Lipinski definition) is 1. The number of halogens is 3. The van der Waals surface area contributed by atoms with Gasteiger partial charge in [-0.15, -0.1) is 12.4 Å². The molecule has 1 aromatic heterocycles.